The van der Waals surface area contributed by atoms with Crippen LogP contribution in [0.4, 0.5) is 0 Å². The number of sulfonamides is 1. The Bertz CT molecular complexity index is 739. The molecule has 2 saturated heterocycles. The van der Waals surface area contributed by atoms with E-state index in [9.17, 15) is 22.8 Å². The van der Waals surface area contributed by atoms with Crippen LogP contribution in [0.2, 0.25) is 0 Å². The van der Waals surface area contributed by atoms with Crippen LogP contribution in [0.3, 0.4) is 0 Å². The highest BCUT2D eigenvalue weighted by Gasteiger charge is 2.59. The molecule has 0 radical (unpaired) electrons. The lowest BCUT2D eigenvalue weighted by Gasteiger charge is -2.34. The molecule has 25 heavy (non-hydrogen) atoms. The summed E-state index contributed by atoms with van der Waals surface area (Å²) in [5, 5.41) is 0. The first-order chi connectivity index (χ1) is 11.8. The molecule has 2 aliphatic heterocycles. The fraction of sp³-hybridized carbons (Fsp3) is 0.688. The van der Waals surface area contributed by atoms with Gasteiger partial charge in [-0.2, -0.15) is 4.31 Å². The maximum Gasteiger partial charge on any atom is 0.242 e. The molecule has 0 aromatic rings. The van der Waals surface area contributed by atoms with E-state index in [0.29, 0.717) is 0 Å². The second-order valence-electron chi connectivity index (χ2n) is 7.31. The van der Waals surface area contributed by atoms with Gasteiger partial charge in [-0.05, 0) is 18.3 Å². The SMILES string of the molecule is CS(=O)(=O)N1CCN(C(=O)CN2C(=O)C3C4C=CC(C4)C3C2=O)CC1. The van der Waals surface area contributed by atoms with Gasteiger partial charge >= 0.3 is 0 Å². The minimum atomic E-state index is -3.26. The Hall–Kier alpha value is -1.74. The zero-order chi connectivity index (χ0) is 17.9. The molecule has 2 aliphatic carbocycles. The first-order valence-corrected chi connectivity index (χ1v) is 10.4. The summed E-state index contributed by atoms with van der Waals surface area (Å²) < 4.78 is 24.4. The highest BCUT2D eigenvalue weighted by atomic mass is 32.2. The van der Waals surface area contributed by atoms with Crippen LogP contribution in [-0.2, 0) is 24.4 Å². The molecule has 0 aromatic carbocycles. The van der Waals surface area contributed by atoms with Crippen molar-refractivity contribution in [3.05, 3.63) is 12.2 Å². The van der Waals surface area contributed by atoms with Gasteiger partial charge in [0.05, 0.1) is 18.1 Å². The van der Waals surface area contributed by atoms with Crippen molar-refractivity contribution in [1.29, 1.82) is 0 Å². The summed E-state index contributed by atoms with van der Waals surface area (Å²) >= 11 is 0. The van der Waals surface area contributed by atoms with Crippen molar-refractivity contribution in [2.45, 2.75) is 6.42 Å². The van der Waals surface area contributed by atoms with E-state index in [4.69, 9.17) is 0 Å². The summed E-state index contributed by atoms with van der Waals surface area (Å²) in [5.74, 6) is -1.08. The highest BCUT2D eigenvalue weighted by molar-refractivity contribution is 7.88. The van der Waals surface area contributed by atoms with Gasteiger partial charge in [0.25, 0.3) is 0 Å². The number of allylic oxidation sites excluding steroid dienone is 2. The molecule has 0 spiro atoms. The zero-order valence-electron chi connectivity index (χ0n) is 14.0. The molecule has 3 amide bonds. The fourth-order valence-electron chi connectivity index (χ4n) is 4.62. The largest absolute Gasteiger partial charge is 0.338 e. The number of hydrogen-bond donors (Lipinski definition) is 0. The molecular weight excluding hydrogens is 346 g/mol. The van der Waals surface area contributed by atoms with Gasteiger partial charge in [-0.3, -0.25) is 19.3 Å². The minimum Gasteiger partial charge on any atom is -0.338 e. The van der Waals surface area contributed by atoms with Crippen LogP contribution in [0.25, 0.3) is 0 Å². The van der Waals surface area contributed by atoms with Crippen LogP contribution in [-0.4, -0.2) is 79.2 Å². The van der Waals surface area contributed by atoms with Crippen molar-refractivity contribution in [2.24, 2.45) is 23.7 Å². The van der Waals surface area contributed by atoms with Gasteiger partial charge in [0.15, 0.2) is 0 Å². The van der Waals surface area contributed by atoms with E-state index >= 15 is 0 Å². The monoisotopic (exact) mass is 367 g/mol. The molecule has 2 heterocycles. The smallest absolute Gasteiger partial charge is 0.242 e. The molecule has 9 heteroatoms. The molecule has 2 bridgehead atoms. The number of nitrogens with zero attached hydrogens (tertiary/aromatic N) is 3. The molecular formula is C16H21N3O5S. The average molecular weight is 367 g/mol. The van der Waals surface area contributed by atoms with E-state index in [2.05, 4.69) is 0 Å². The molecule has 3 fully saturated rings. The maximum absolute atomic E-state index is 12.6. The van der Waals surface area contributed by atoms with E-state index in [-0.39, 0.29) is 74.1 Å². The van der Waals surface area contributed by atoms with E-state index in [1.54, 1.807) is 0 Å². The van der Waals surface area contributed by atoms with Crippen LogP contribution in [0.1, 0.15) is 6.42 Å². The number of amides is 3. The summed E-state index contributed by atoms with van der Waals surface area (Å²) in [6, 6.07) is 0. The summed E-state index contributed by atoms with van der Waals surface area (Å²) in [6.45, 7) is 0.810. The first kappa shape index (κ1) is 16.7. The number of carbonyl (C=O) groups is 3. The second kappa shape index (κ2) is 5.63. The number of likely N-dealkylation sites (tertiary alicyclic amines) is 1. The summed E-state index contributed by atoms with van der Waals surface area (Å²) in [5.41, 5.74) is 0. The van der Waals surface area contributed by atoms with Gasteiger partial charge in [-0.25, -0.2) is 8.42 Å². The lowest BCUT2D eigenvalue weighted by molar-refractivity contribution is -0.147. The van der Waals surface area contributed by atoms with Gasteiger partial charge in [0.2, 0.25) is 27.7 Å². The van der Waals surface area contributed by atoms with Crippen LogP contribution in [0, 0.1) is 23.7 Å². The average Bonchev–Trinajstić information content (AvgIpc) is 3.24. The Morgan fingerprint density at radius 2 is 1.56 bits per heavy atom. The van der Waals surface area contributed by atoms with E-state index in [1.807, 2.05) is 12.2 Å². The van der Waals surface area contributed by atoms with Crippen molar-refractivity contribution in [1.82, 2.24) is 14.1 Å². The Labute approximate surface area is 146 Å². The first-order valence-electron chi connectivity index (χ1n) is 8.54. The van der Waals surface area contributed by atoms with E-state index in [0.717, 1.165) is 17.6 Å². The van der Waals surface area contributed by atoms with Crippen LogP contribution >= 0.6 is 0 Å². The maximum atomic E-state index is 12.6. The number of hydrogen-bond acceptors (Lipinski definition) is 5. The summed E-state index contributed by atoms with van der Waals surface area (Å²) in [4.78, 5) is 40.3. The number of fused-ring (bicyclic) bond motifs is 5. The molecule has 4 atom stereocenters. The third-order valence-electron chi connectivity index (χ3n) is 5.92. The minimum absolute atomic E-state index is 0.129. The van der Waals surface area contributed by atoms with Gasteiger partial charge in [-0.1, -0.05) is 12.2 Å². The molecule has 0 N–H and O–H groups in total. The van der Waals surface area contributed by atoms with Crippen molar-refractivity contribution < 1.29 is 22.8 Å². The lowest BCUT2D eigenvalue weighted by atomic mass is 9.85. The Morgan fingerprint density at radius 3 is 2.04 bits per heavy atom. The molecule has 136 valence electrons. The zero-order valence-corrected chi connectivity index (χ0v) is 14.8. The van der Waals surface area contributed by atoms with Crippen LogP contribution < -0.4 is 0 Å². The Morgan fingerprint density at radius 1 is 1.04 bits per heavy atom. The molecule has 1 saturated carbocycles. The predicted molar refractivity (Wildman–Crippen MR) is 87.4 cm³/mol. The normalized spacial score (nSPS) is 34.9. The standard InChI is InChI=1S/C16H21N3O5S/c1-25(23,24)18-6-4-17(5-7-18)12(20)9-19-15(21)13-10-2-3-11(8-10)14(13)16(19)22/h2-3,10-11,13-14H,4-9H2,1H3. The third-order valence-corrected chi connectivity index (χ3v) is 7.22. The fourth-order valence-corrected chi connectivity index (χ4v) is 5.45. The number of piperazine rings is 1. The lowest BCUT2D eigenvalue weighted by Crippen LogP contribution is -2.53. The van der Waals surface area contributed by atoms with Crippen molar-refractivity contribution >= 4 is 27.7 Å². The molecule has 4 rings (SSSR count). The number of carbonyl (C=O) groups excluding carboxylic acids is 3. The number of imide groups is 1. The van der Waals surface area contributed by atoms with Crippen molar-refractivity contribution in [3.8, 4) is 0 Å². The molecule has 4 unspecified atom stereocenters. The second-order valence-corrected chi connectivity index (χ2v) is 9.29. The molecule has 4 aliphatic rings. The molecule has 0 aromatic heterocycles. The third kappa shape index (κ3) is 2.60. The molecule has 8 nitrogen and oxygen atoms in total. The van der Waals surface area contributed by atoms with Gasteiger partial charge < -0.3 is 4.90 Å². The Balaban J connectivity index is 1.39. The van der Waals surface area contributed by atoms with Crippen LogP contribution in [0.5, 0.6) is 0 Å². The van der Waals surface area contributed by atoms with Gasteiger partial charge in [0.1, 0.15) is 6.54 Å². The quantitative estimate of drug-likeness (QED) is 0.466. The van der Waals surface area contributed by atoms with Crippen molar-refractivity contribution in [2.75, 3.05) is 39.0 Å². The van der Waals surface area contributed by atoms with Crippen molar-refractivity contribution in [3.63, 3.8) is 0 Å². The predicted octanol–water partition coefficient (Wildman–Crippen LogP) is -1.10. The van der Waals surface area contributed by atoms with Gasteiger partial charge in [-0.15, -0.1) is 0 Å². The van der Waals surface area contributed by atoms with E-state index in [1.165, 1.54) is 9.21 Å². The van der Waals surface area contributed by atoms with E-state index < -0.39 is 10.0 Å². The topological polar surface area (TPSA) is 95.1 Å². The summed E-state index contributed by atoms with van der Waals surface area (Å²) in [6.07, 6.45) is 6.05. The summed E-state index contributed by atoms with van der Waals surface area (Å²) in [7, 11) is -3.26. The van der Waals surface area contributed by atoms with Gasteiger partial charge in [0, 0.05) is 26.2 Å². The highest BCUT2D eigenvalue weighted by Crippen LogP contribution is 2.52. The van der Waals surface area contributed by atoms with Crippen LogP contribution in [0.15, 0.2) is 12.2 Å². The number of rotatable bonds is 3. The Kier molecular flexibility index (Phi) is 3.77.